The summed E-state index contributed by atoms with van der Waals surface area (Å²) >= 11 is 6.31. The predicted molar refractivity (Wildman–Crippen MR) is 130 cm³/mol. The number of carbonyl (C=O) groups excluding carboxylic acids is 1. The van der Waals surface area contributed by atoms with Crippen LogP contribution in [0.4, 0.5) is 10.6 Å². The van der Waals surface area contributed by atoms with Crippen molar-refractivity contribution in [2.75, 3.05) is 44.7 Å². The Hall–Kier alpha value is -2.32. The Kier molecular flexibility index (Phi) is 6.86. The highest BCUT2D eigenvalue weighted by molar-refractivity contribution is 6.31. The average Bonchev–Trinajstić information content (AvgIpc) is 3.15. The minimum absolute atomic E-state index is 0.0390. The number of amides is 1. The molecule has 0 saturated carbocycles. The quantitative estimate of drug-likeness (QED) is 0.656. The molecular weight excluding hydrogens is 442 g/mol. The number of carbonyl (C=O) groups is 1. The van der Waals surface area contributed by atoms with E-state index in [-0.39, 0.29) is 12.1 Å². The number of fused-ring (bicyclic) bond motifs is 1. The molecule has 2 saturated heterocycles. The van der Waals surface area contributed by atoms with Gasteiger partial charge in [0.25, 0.3) is 0 Å². The van der Waals surface area contributed by atoms with Crippen LogP contribution in [0.1, 0.15) is 40.5 Å². The summed E-state index contributed by atoms with van der Waals surface area (Å²) in [5.74, 6) is 0.786. The standard InChI is InChI=1S/C24H34ClN5O3/c1-16-14-29(23(31)33-24(2,3)4)11-12-30(16)21-19-13-17(25)8-9-20(19)26-22(27-21)32-15-18-7-6-10-28(18)5/h8-9,13,16,18H,6-7,10-12,14-15H2,1-5H3/t16-,18-/m0/s1. The molecule has 0 N–H and O–H groups in total. The number of likely N-dealkylation sites (tertiary alicyclic amines) is 1. The highest BCUT2D eigenvalue weighted by atomic mass is 35.5. The van der Waals surface area contributed by atoms with E-state index < -0.39 is 5.60 Å². The van der Waals surface area contributed by atoms with Gasteiger partial charge in [0, 0.05) is 42.1 Å². The topological polar surface area (TPSA) is 71.0 Å². The zero-order chi connectivity index (χ0) is 23.8. The predicted octanol–water partition coefficient (Wildman–Crippen LogP) is 4.20. The lowest BCUT2D eigenvalue weighted by atomic mass is 10.1. The summed E-state index contributed by atoms with van der Waals surface area (Å²) in [4.78, 5) is 28.3. The van der Waals surface area contributed by atoms with Crippen LogP contribution < -0.4 is 9.64 Å². The molecule has 1 amide bonds. The molecule has 1 aromatic heterocycles. The lowest BCUT2D eigenvalue weighted by molar-refractivity contribution is 0.0218. The molecule has 33 heavy (non-hydrogen) atoms. The Bertz CT molecular complexity index is 1010. The number of piperazine rings is 1. The van der Waals surface area contributed by atoms with E-state index in [1.165, 1.54) is 6.42 Å². The van der Waals surface area contributed by atoms with Crippen LogP contribution in [-0.4, -0.2) is 83.4 Å². The number of ether oxygens (including phenoxy) is 2. The second-order valence-corrected chi connectivity index (χ2v) is 10.5. The van der Waals surface area contributed by atoms with E-state index in [0.29, 0.717) is 43.3 Å². The van der Waals surface area contributed by atoms with Gasteiger partial charge < -0.3 is 24.2 Å². The summed E-state index contributed by atoms with van der Waals surface area (Å²) in [7, 11) is 2.13. The Labute approximate surface area is 200 Å². The van der Waals surface area contributed by atoms with Gasteiger partial charge in [0.1, 0.15) is 18.0 Å². The van der Waals surface area contributed by atoms with Gasteiger partial charge in [-0.1, -0.05) is 11.6 Å². The van der Waals surface area contributed by atoms with Crippen LogP contribution in [0.2, 0.25) is 5.02 Å². The van der Waals surface area contributed by atoms with Crippen molar-refractivity contribution in [2.45, 2.75) is 58.2 Å². The Morgan fingerprint density at radius 1 is 1.21 bits per heavy atom. The second kappa shape index (κ2) is 9.50. The summed E-state index contributed by atoms with van der Waals surface area (Å²) in [6, 6.07) is 6.43. The van der Waals surface area contributed by atoms with Gasteiger partial charge in [0.05, 0.1) is 5.52 Å². The summed E-state index contributed by atoms with van der Waals surface area (Å²) < 4.78 is 11.6. The summed E-state index contributed by atoms with van der Waals surface area (Å²) in [5.41, 5.74) is 0.275. The average molecular weight is 476 g/mol. The molecule has 8 nitrogen and oxygen atoms in total. The first-order valence-electron chi connectivity index (χ1n) is 11.7. The molecular formula is C24H34ClN5O3. The summed E-state index contributed by atoms with van der Waals surface area (Å²) in [5, 5.41) is 1.51. The molecule has 0 spiro atoms. The van der Waals surface area contributed by atoms with Crippen molar-refractivity contribution in [3.05, 3.63) is 23.2 Å². The lowest BCUT2D eigenvalue weighted by Crippen LogP contribution is -2.54. The number of likely N-dealkylation sites (N-methyl/N-ethyl adjacent to an activating group) is 1. The largest absolute Gasteiger partial charge is 0.462 e. The van der Waals surface area contributed by atoms with Crippen LogP contribution in [0, 0.1) is 0 Å². The Morgan fingerprint density at radius 2 is 2.00 bits per heavy atom. The number of halogens is 1. The molecule has 2 aromatic rings. The first-order chi connectivity index (χ1) is 15.6. The molecule has 1 aromatic carbocycles. The van der Waals surface area contributed by atoms with Crippen molar-refractivity contribution in [1.82, 2.24) is 19.8 Å². The van der Waals surface area contributed by atoms with Crippen molar-refractivity contribution >= 4 is 34.4 Å². The van der Waals surface area contributed by atoms with E-state index in [9.17, 15) is 4.79 Å². The Morgan fingerprint density at radius 3 is 2.67 bits per heavy atom. The van der Waals surface area contributed by atoms with Gasteiger partial charge in [-0.15, -0.1) is 0 Å². The van der Waals surface area contributed by atoms with Gasteiger partial charge in [-0.3, -0.25) is 0 Å². The highest BCUT2D eigenvalue weighted by Gasteiger charge is 2.32. The maximum atomic E-state index is 12.6. The summed E-state index contributed by atoms with van der Waals surface area (Å²) in [6.07, 6.45) is 2.02. The molecule has 2 fully saturated rings. The van der Waals surface area contributed by atoms with Gasteiger partial charge in [0.15, 0.2) is 0 Å². The fraction of sp³-hybridized carbons (Fsp3) is 0.625. The molecule has 2 aliphatic rings. The van der Waals surface area contributed by atoms with Crippen LogP contribution in [0.5, 0.6) is 6.01 Å². The maximum Gasteiger partial charge on any atom is 0.410 e. The van der Waals surface area contributed by atoms with Crippen molar-refractivity contribution < 1.29 is 14.3 Å². The van der Waals surface area contributed by atoms with Crippen LogP contribution in [0.3, 0.4) is 0 Å². The molecule has 9 heteroatoms. The monoisotopic (exact) mass is 475 g/mol. The van der Waals surface area contributed by atoms with Crippen LogP contribution in [-0.2, 0) is 4.74 Å². The third-order valence-corrected chi connectivity index (χ3v) is 6.48. The Balaban J connectivity index is 1.56. The fourth-order valence-electron chi connectivity index (χ4n) is 4.47. The molecule has 180 valence electrons. The van der Waals surface area contributed by atoms with Crippen molar-refractivity contribution in [3.63, 3.8) is 0 Å². The molecule has 2 aliphatic heterocycles. The lowest BCUT2D eigenvalue weighted by Gasteiger charge is -2.41. The number of hydrogen-bond donors (Lipinski definition) is 0. The second-order valence-electron chi connectivity index (χ2n) is 10.0. The van der Waals surface area contributed by atoms with Crippen molar-refractivity contribution in [1.29, 1.82) is 0 Å². The first-order valence-corrected chi connectivity index (χ1v) is 12.0. The van der Waals surface area contributed by atoms with E-state index in [2.05, 4.69) is 28.8 Å². The number of aromatic nitrogens is 2. The number of hydrogen-bond acceptors (Lipinski definition) is 7. The van der Waals surface area contributed by atoms with Crippen LogP contribution >= 0.6 is 11.6 Å². The molecule has 4 rings (SSSR count). The van der Waals surface area contributed by atoms with Crippen LogP contribution in [0.25, 0.3) is 10.9 Å². The first kappa shape index (κ1) is 23.8. The van der Waals surface area contributed by atoms with Gasteiger partial charge in [-0.25, -0.2) is 4.79 Å². The summed E-state index contributed by atoms with van der Waals surface area (Å²) in [6.45, 7) is 11.1. The van der Waals surface area contributed by atoms with Crippen molar-refractivity contribution in [2.24, 2.45) is 0 Å². The zero-order valence-corrected chi connectivity index (χ0v) is 20.9. The van der Waals surface area contributed by atoms with E-state index in [0.717, 1.165) is 29.7 Å². The van der Waals surface area contributed by atoms with E-state index >= 15 is 0 Å². The highest BCUT2D eigenvalue weighted by Crippen LogP contribution is 2.31. The van der Waals surface area contributed by atoms with Gasteiger partial charge in [-0.2, -0.15) is 9.97 Å². The molecule has 0 radical (unpaired) electrons. The van der Waals surface area contributed by atoms with Gasteiger partial charge in [0.2, 0.25) is 0 Å². The number of anilines is 1. The molecule has 0 bridgehead atoms. The fourth-order valence-corrected chi connectivity index (χ4v) is 4.64. The molecule has 0 aliphatic carbocycles. The smallest absolute Gasteiger partial charge is 0.410 e. The SMILES string of the molecule is C[C@H]1CN(C(=O)OC(C)(C)C)CCN1c1nc(OC[C@@H]2CCCN2C)nc2ccc(Cl)cc12. The minimum atomic E-state index is -0.517. The van der Waals surface area contributed by atoms with Gasteiger partial charge >= 0.3 is 12.1 Å². The normalized spacial score (nSPS) is 22.1. The third-order valence-electron chi connectivity index (χ3n) is 6.24. The number of benzene rings is 1. The van der Waals surface area contributed by atoms with Gasteiger partial charge in [-0.05, 0) is 72.3 Å². The van der Waals surface area contributed by atoms with E-state index in [4.69, 9.17) is 26.1 Å². The minimum Gasteiger partial charge on any atom is -0.462 e. The van der Waals surface area contributed by atoms with E-state index in [1.54, 1.807) is 4.90 Å². The molecule has 3 heterocycles. The van der Waals surface area contributed by atoms with Crippen molar-refractivity contribution in [3.8, 4) is 6.01 Å². The number of nitrogens with zero attached hydrogens (tertiary/aromatic N) is 5. The zero-order valence-electron chi connectivity index (χ0n) is 20.2. The third kappa shape index (κ3) is 5.61. The molecule has 0 unspecified atom stereocenters. The van der Waals surface area contributed by atoms with Crippen LogP contribution in [0.15, 0.2) is 18.2 Å². The molecule has 2 atom stereocenters. The maximum absolute atomic E-state index is 12.6. The van der Waals surface area contributed by atoms with E-state index in [1.807, 2.05) is 39.0 Å². The number of rotatable bonds is 4.